The van der Waals surface area contributed by atoms with Gasteiger partial charge in [-0.2, -0.15) is 0 Å². The molecule has 0 radical (unpaired) electrons. The van der Waals surface area contributed by atoms with E-state index in [0.717, 1.165) is 29.3 Å². The molecule has 136 valence electrons. The Morgan fingerprint density at radius 3 is 2.52 bits per heavy atom. The average Bonchev–Trinajstić information content (AvgIpc) is 3.01. The van der Waals surface area contributed by atoms with Crippen LogP contribution in [0, 0.1) is 11.8 Å². The van der Waals surface area contributed by atoms with Crippen LogP contribution in [0.5, 0.6) is 0 Å². The molecule has 2 amide bonds. The number of carbonyl (C=O) groups is 2. The van der Waals surface area contributed by atoms with Gasteiger partial charge < -0.3 is 15.6 Å². The summed E-state index contributed by atoms with van der Waals surface area (Å²) in [6.45, 7) is 6.23. The first-order valence-corrected chi connectivity index (χ1v) is 9.03. The van der Waals surface area contributed by atoms with Gasteiger partial charge in [0.15, 0.2) is 0 Å². The van der Waals surface area contributed by atoms with E-state index in [0.29, 0.717) is 12.3 Å². The van der Waals surface area contributed by atoms with Gasteiger partial charge in [0, 0.05) is 36.5 Å². The summed E-state index contributed by atoms with van der Waals surface area (Å²) in [5.41, 5.74) is 2.06. The van der Waals surface area contributed by atoms with Crippen molar-refractivity contribution < 1.29 is 9.59 Å². The molecular weight excluding hydrogens is 314 g/mol. The maximum atomic E-state index is 12.6. The molecule has 2 rings (SSSR count). The van der Waals surface area contributed by atoms with E-state index in [-0.39, 0.29) is 17.7 Å². The highest BCUT2D eigenvalue weighted by molar-refractivity contribution is 5.90. The maximum Gasteiger partial charge on any atom is 0.242 e. The van der Waals surface area contributed by atoms with Crippen molar-refractivity contribution in [2.45, 2.75) is 46.1 Å². The summed E-state index contributed by atoms with van der Waals surface area (Å²) in [6, 6.07) is 7.40. The maximum absolute atomic E-state index is 12.6. The summed E-state index contributed by atoms with van der Waals surface area (Å²) in [5, 5.41) is 6.71. The van der Waals surface area contributed by atoms with Crippen LogP contribution in [0.1, 0.15) is 39.2 Å². The number of hydrogen-bond donors (Lipinski definition) is 3. The largest absolute Gasteiger partial charge is 0.361 e. The number of benzene rings is 1. The number of rotatable bonds is 8. The van der Waals surface area contributed by atoms with E-state index in [1.807, 2.05) is 37.4 Å². The molecule has 0 saturated carbocycles. The van der Waals surface area contributed by atoms with Gasteiger partial charge in [-0.15, -0.1) is 0 Å². The van der Waals surface area contributed by atoms with Gasteiger partial charge in [-0.05, 0) is 30.4 Å². The minimum atomic E-state index is -0.571. The number of para-hydroxylation sites is 1. The number of aromatic nitrogens is 1. The third-order valence-electron chi connectivity index (χ3n) is 4.60. The molecule has 2 atom stereocenters. The third-order valence-corrected chi connectivity index (χ3v) is 4.60. The lowest BCUT2D eigenvalue weighted by Gasteiger charge is -2.22. The van der Waals surface area contributed by atoms with E-state index in [1.165, 1.54) is 0 Å². The molecular formula is C20H29N3O2. The van der Waals surface area contributed by atoms with E-state index in [2.05, 4.69) is 29.5 Å². The Bertz CT molecular complexity index is 721. The standard InChI is InChI=1S/C20H29N3O2/c1-5-14(10-13(2)3)19(24)23-18(20(25)21-4)11-15-12-22-17-9-7-6-8-16(15)17/h6-9,12-14,18,22H,5,10-11H2,1-4H3,(H,21,25)(H,23,24)/t14-,18-/m0/s1. The van der Waals surface area contributed by atoms with Gasteiger partial charge in [0.25, 0.3) is 0 Å². The Kier molecular flexibility index (Phi) is 6.62. The fraction of sp³-hybridized carbons (Fsp3) is 0.500. The number of fused-ring (bicyclic) bond motifs is 1. The predicted octanol–water partition coefficient (Wildman–Crippen LogP) is 3.01. The van der Waals surface area contributed by atoms with Gasteiger partial charge >= 0.3 is 0 Å². The van der Waals surface area contributed by atoms with Gasteiger partial charge in [0.2, 0.25) is 11.8 Å². The van der Waals surface area contributed by atoms with E-state index in [4.69, 9.17) is 0 Å². The fourth-order valence-corrected chi connectivity index (χ4v) is 3.22. The van der Waals surface area contributed by atoms with Gasteiger partial charge in [-0.25, -0.2) is 0 Å². The van der Waals surface area contributed by atoms with Crippen LogP contribution in [-0.4, -0.2) is 29.9 Å². The van der Waals surface area contributed by atoms with Gasteiger partial charge in [-0.3, -0.25) is 9.59 Å². The zero-order valence-electron chi connectivity index (χ0n) is 15.6. The molecule has 0 aliphatic carbocycles. The molecule has 2 aromatic rings. The quantitative estimate of drug-likeness (QED) is 0.689. The molecule has 0 aliphatic heterocycles. The fourth-order valence-electron chi connectivity index (χ4n) is 3.22. The third kappa shape index (κ3) is 4.84. The number of carbonyl (C=O) groups excluding carboxylic acids is 2. The van der Waals surface area contributed by atoms with Crippen molar-refractivity contribution in [2.24, 2.45) is 11.8 Å². The molecule has 5 heteroatoms. The normalized spacial score (nSPS) is 13.6. The number of amides is 2. The summed E-state index contributed by atoms with van der Waals surface area (Å²) in [7, 11) is 1.60. The lowest BCUT2D eigenvalue weighted by molar-refractivity contribution is -0.131. The second-order valence-electron chi connectivity index (χ2n) is 6.97. The minimum Gasteiger partial charge on any atom is -0.361 e. The van der Waals surface area contributed by atoms with Crippen LogP contribution in [0.4, 0.5) is 0 Å². The van der Waals surface area contributed by atoms with Crippen molar-refractivity contribution in [3.05, 3.63) is 36.0 Å². The van der Waals surface area contributed by atoms with Crippen LogP contribution in [-0.2, 0) is 16.0 Å². The van der Waals surface area contributed by atoms with Crippen molar-refractivity contribution in [2.75, 3.05) is 7.05 Å². The zero-order valence-corrected chi connectivity index (χ0v) is 15.6. The number of hydrogen-bond acceptors (Lipinski definition) is 2. The molecule has 0 fully saturated rings. The van der Waals surface area contributed by atoms with Crippen LogP contribution in [0.2, 0.25) is 0 Å². The number of likely N-dealkylation sites (N-methyl/N-ethyl adjacent to an activating group) is 1. The molecule has 3 N–H and O–H groups in total. The smallest absolute Gasteiger partial charge is 0.242 e. The van der Waals surface area contributed by atoms with Crippen molar-refractivity contribution in [1.29, 1.82) is 0 Å². The Morgan fingerprint density at radius 2 is 1.88 bits per heavy atom. The minimum absolute atomic E-state index is 0.0374. The Morgan fingerprint density at radius 1 is 1.16 bits per heavy atom. The van der Waals surface area contributed by atoms with Crippen molar-refractivity contribution in [1.82, 2.24) is 15.6 Å². The first-order valence-electron chi connectivity index (χ1n) is 9.03. The van der Waals surface area contributed by atoms with Crippen LogP contribution in [0.15, 0.2) is 30.5 Å². The van der Waals surface area contributed by atoms with Gasteiger partial charge in [-0.1, -0.05) is 39.0 Å². The zero-order chi connectivity index (χ0) is 18.4. The van der Waals surface area contributed by atoms with Gasteiger partial charge in [0.1, 0.15) is 6.04 Å². The van der Waals surface area contributed by atoms with Gasteiger partial charge in [0.05, 0.1) is 0 Å². The number of H-pyrrole nitrogens is 1. The Hall–Kier alpha value is -2.30. The molecule has 0 bridgehead atoms. The van der Waals surface area contributed by atoms with E-state index in [1.54, 1.807) is 7.05 Å². The van der Waals surface area contributed by atoms with Crippen molar-refractivity contribution in [3.63, 3.8) is 0 Å². The molecule has 5 nitrogen and oxygen atoms in total. The lowest BCUT2D eigenvalue weighted by atomic mass is 9.93. The molecule has 1 aromatic heterocycles. The summed E-state index contributed by atoms with van der Waals surface area (Å²) in [5.74, 6) is 0.181. The molecule has 0 aliphatic rings. The highest BCUT2D eigenvalue weighted by Gasteiger charge is 2.25. The van der Waals surface area contributed by atoms with Crippen LogP contribution < -0.4 is 10.6 Å². The van der Waals surface area contributed by atoms with Crippen molar-refractivity contribution in [3.8, 4) is 0 Å². The summed E-state index contributed by atoms with van der Waals surface area (Å²) >= 11 is 0. The summed E-state index contributed by atoms with van der Waals surface area (Å²) in [4.78, 5) is 28.2. The monoisotopic (exact) mass is 343 g/mol. The second kappa shape index (κ2) is 8.70. The molecule has 0 saturated heterocycles. The van der Waals surface area contributed by atoms with Crippen LogP contribution >= 0.6 is 0 Å². The molecule has 1 aromatic carbocycles. The van der Waals surface area contributed by atoms with E-state index < -0.39 is 6.04 Å². The Balaban J connectivity index is 2.16. The van der Waals surface area contributed by atoms with E-state index >= 15 is 0 Å². The van der Waals surface area contributed by atoms with E-state index in [9.17, 15) is 9.59 Å². The SMILES string of the molecule is CC[C@@H](CC(C)C)C(=O)N[C@@H](Cc1c[nH]c2ccccc12)C(=O)NC. The molecule has 25 heavy (non-hydrogen) atoms. The topological polar surface area (TPSA) is 74.0 Å². The molecule has 1 heterocycles. The Labute approximate surface area is 149 Å². The summed E-state index contributed by atoms with van der Waals surface area (Å²) in [6.07, 6.45) is 3.99. The van der Waals surface area contributed by atoms with Crippen molar-refractivity contribution >= 4 is 22.7 Å². The predicted molar refractivity (Wildman–Crippen MR) is 101 cm³/mol. The first-order chi connectivity index (χ1) is 12.0. The summed E-state index contributed by atoms with van der Waals surface area (Å²) < 4.78 is 0. The highest BCUT2D eigenvalue weighted by atomic mass is 16.2. The number of nitrogens with one attached hydrogen (secondary N) is 3. The average molecular weight is 343 g/mol. The second-order valence-corrected chi connectivity index (χ2v) is 6.97. The number of aromatic amines is 1. The highest BCUT2D eigenvalue weighted by Crippen LogP contribution is 2.20. The molecule has 0 unspecified atom stereocenters. The lowest BCUT2D eigenvalue weighted by Crippen LogP contribution is -2.48. The molecule has 0 spiro atoms. The van der Waals surface area contributed by atoms with Crippen LogP contribution in [0.25, 0.3) is 10.9 Å². The van der Waals surface area contributed by atoms with Crippen LogP contribution in [0.3, 0.4) is 0 Å². The first kappa shape index (κ1) is 19.0.